The third-order valence-electron chi connectivity index (χ3n) is 5.63. The second kappa shape index (κ2) is 8.14. The van der Waals surface area contributed by atoms with E-state index in [0.29, 0.717) is 23.7 Å². The Balaban J connectivity index is 1.35. The van der Waals surface area contributed by atoms with Crippen LogP contribution < -0.4 is 4.90 Å². The van der Waals surface area contributed by atoms with E-state index >= 15 is 0 Å². The topological polar surface area (TPSA) is 88.3 Å². The monoisotopic (exact) mass is 394 g/mol. The molecule has 8 heteroatoms. The molecule has 1 aliphatic heterocycles. The zero-order chi connectivity index (χ0) is 20.4. The summed E-state index contributed by atoms with van der Waals surface area (Å²) in [4.78, 5) is 34.3. The molecule has 1 saturated heterocycles. The number of anilines is 1. The molecule has 3 aromatic heterocycles. The van der Waals surface area contributed by atoms with Crippen molar-refractivity contribution in [1.29, 1.82) is 0 Å². The standard InChI is InChI=1S/C21H26N6O2/c1-14-4-5-18-19(24-14)25-21(29-18)27-10-6-16(7-11-27)20(28)26(3)15(2)12-17-13-22-8-9-23-17/h4-5,8-9,13,15-16H,6-7,10-12H2,1-3H3. The summed E-state index contributed by atoms with van der Waals surface area (Å²) in [6.07, 6.45) is 7.36. The molecule has 4 rings (SSSR count). The number of hydrogen-bond acceptors (Lipinski definition) is 7. The van der Waals surface area contributed by atoms with Crippen LogP contribution in [0.2, 0.25) is 0 Å². The zero-order valence-corrected chi connectivity index (χ0v) is 17.1. The molecule has 0 N–H and O–H groups in total. The molecule has 0 spiro atoms. The second-order valence-corrected chi connectivity index (χ2v) is 7.73. The smallest absolute Gasteiger partial charge is 0.299 e. The number of fused-ring (bicyclic) bond motifs is 1. The number of nitrogens with zero attached hydrogens (tertiary/aromatic N) is 6. The summed E-state index contributed by atoms with van der Waals surface area (Å²) in [5.74, 6) is 0.209. The second-order valence-electron chi connectivity index (χ2n) is 7.73. The van der Waals surface area contributed by atoms with Crippen LogP contribution >= 0.6 is 0 Å². The number of piperidine rings is 1. The first-order valence-electron chi connectivity index (χ1n) is 10.0. The molecule has 0 radical (unpaired) electrons. The number of hydrogen-bond donors (Lipinski definition) is 0. The van der Waals surface area contributed by atoms with Gasteiger partial charge in [0.15, 0.2) is 5.58 Å². The number of aromatic nitrogens is 4. The molecule has 152 valence electrons. The van der Waals surface area contributed by atoms with Crippen LogP contribution in [0.1, 0.15) is 31.2 Å². The fourth-order valence-corrected chi connectivity index (χ4v) is 3.73. The average Bonchev–Trinajstić information content (AvgIpc) is 3.16. The Labute approximate surface area is 170 Å². The van der Waals surface area contributed by atoms with Gasteiger partial charge in [-0.05, 0) is 38.8 Å². The van der Waals surface area contributed by atoms with E-state index in [2.05, 4.69) is 31.8 Å². The van der Waals surface area contributed by atoms with Gasteiger partial charge < -0.3 is 14.2 Å². The van der Waals surface area contributed by atoms with E-state index in [1.165, 1.54) is 0 Å². The summed E-state index contributed by atoms with van der Waals surface area (Å²) >= 11 is 0. The van der Waals surface area contributed by atoms with Gasteiger partial charge in [0.2, 0.25) is 11.6 Å². The minimum atomic E-state index is 0.0188. The van der Waals surface area contributed by atoms with Crippen molar-refractivity contribution in [3.63, 3.8) is 0 Å². The molecular formula is C21H26N6O2. The highest BCUT2D eigenvalue weighted by Gasteiger charge is 2.30. The lowest BCUT2D eigenvalue weighted by atomic mass is 9.95. The van der Waals surface area contributed by atoms with Crippen molar-refractivity contribution >= 4 is 23.2 Å². The van der Waals surface area contributed by atoms with Crippen LogP contribution in [0.4, 0.5) is 6.01 Å². The van der Waals surface area contributed by atoms with Crippen LogP contribution in [0.15, 0.2) is 35.1 Å². The van der Waals surface area contributed by atoms with E-state index in [9.17, 15) is 4.79 Å². The number of pyridine rings is 1. The quantitative estimate of drug-likeness (QED) is 0.657. The van der Waals surface area contributed by atoms with Crippen LogP contribution in [0.5, 0.6) is 0 Å². The number of likely N-dealkylation sites (N-methyl/N-ethyl adjacent to an activating group) is 1. The summed E-state index contributed by atoms with van der Waals surface area (Å²) < 4.78 is 5.85. The van der Waals surface area contributed by atoms with E-state index in [4.69, 9.17) is 4.42 Å². The molecule has 8 nitrogen and oxygen atoms in total. The molecule has 1 fully saturated rings. The molecule has 0 aromatic carbocycles. The Bertz CT molecular complexity index is 981. The van der Waals surface area contributed by atoms with E-state index in [0.717, 1.165) is 37.3 Å². The number of rotatable bonds is 5. The van der Waals surface area contributed by atoms with Crippen molar-refractivity contribution in [3.8, 4) is 0 Å². The first-order chi connectivity index (χ1) is 14.0. The van der Waals surface area contributed by atoms with Crippen molar-refractivity contribution in [2.75, 3.05) is 25.0 Å². The summed E-state index contributed by atoms with van der Waals surface area (Å²) in [6, 6.07) is 4.48. The zero-order valence-electron chi connectivity index (χ0n) is 17.1. The maximum atomic E-state index is 13.0. The maximum Gasteiger partial charge on any atom is 0.299 e. The van der Waals surface area contributed by atoms with Crippen molar-refractivity contribution in [2.24, 2.45) is 5.92 Å². The largest absolute Gasteiger partial charge is 0.422 e. The first-order valence-corrected chi connectivity index (χ1v) is 10.0. The number of amides is 1. The summed E-state index contributed by atoms with van der Waals surface area (Å²) in [5, 5.41) is 0. The van der Waals surface area contributed by atoms with Gasteiger partial charge in [-0.15, -0.1) is 0 Å². The average molecular weight is 394 g/mol. The van der Waals surface area contributed by atoms with Gasteiger partial charge in [-0.2, -0.15) is 4.98 Å². The van der Waals surface area contributed by atoms with Gasteiger partial charge in [0.25, 0.3) is 6.01 Å². The Hall–Kier alpha value is -3.03. The van der Waals surface area contributed by atoms with E-state index in [1.807, 2.05) is 31.0 Å². The van der Waals surface area contributed by atoms with Gasteiger partial charge in [0.05, 0.1) is 5.69 Å². The molecule has 0 bridgehead atoms. The minimum Gasteiger partial charge on any atom is -0.422 e. The van der Waals surface area contributed by atoms with E-state index in [-0.39, 0.29) is 17.9 Å². The van der Waals surface area contributed by atoms with Gasteiger partial charge >= 0.3 is 0 Å². The van der Waals surface area contributed by atoms with Crippen molar-refractivity contribution < 1.29 is 9.21 Å². The highest BCUT2D eigenvalue weighted by atomic mass is 16.4. The van der Waals surface area contributed by atoms with Gasteiger partial charge in [-0.1, -0.05) is 0 Å². The minimum absolute atomic E-state index is 0.0188. The van der Waals surface area contributed by atoms with Gasteiger partial charge in [0.1, 0.15) is 0 Å². The lowest BCUT2D eigenvalue weighted by Gasteiger charge is -2.34. The summed E-state index contributed by atoms with van der Waals surface area (Å²) in [5.41, 5.74) is 3.15. The summed E-state index contributed by atoms with van der Waals surface area (Å²) in [7, 11) is 1.88. The number of oxazole rings is 1. The highest BCUT2D eigenvalue weighted by Crippen LogP contribution is 2.27. The molecule has 0 saturated carbocycles. The Morgan fingerprint density at radius 1 is 1.28 bits per heavy atom. The van der Waals surface area contributed by atoms with Crippen LogP contribution in [0.3, 0.4) is 0 Å². The third kappa shape index (κ3) is 4.21. The number of carbonyl (C=O) groups excluding carboxylic acids is 1. The SMILES string of the molecule is Cc1ccc2oc(N3CCC(C(=O)N(C)C(C)Cc4cnccn4)CC3)nc2n1. The highest BCUT2D eigenvalue weighted by molar-refractivity contribution is 5.79. The van der Waals surface area contributed by atoms with E-state index in [1.54, 1.807) is 18.6 Å². The van der Waals surface area contributed by atoms with Gasteiger partial charge in [-0.25, -0.2) is 4.98 Å². The van der Waals surface area contributed by atoms with Crippen molar-refractivity contribution in [3.05, 3.63) is 42.1 Å². The molecule has 29 heavy (non-hydrogen) atoms. The fourth-order valence-electron chi connectivity index (χ4n) is 3.73. The van der Waals surface area contributed by atoms with Crippen LogP contribution in [0, 0.1) is 12.8 Å². The van der Waals surface area contributed by atoms with Gasteiger partial charge in [0, 0.05) is 62.8 Å². The molecule has 3 aromatic rings. The van der Waals surface area contributed by atoms with Gasteiger partial charge in [-0.3, -0.25) is 14.8 Å². The van der Waals surface area contributed by atoms with Crippen molar-refractivity contribution in [1.82, 2.24) is 24.8 Å². The van der Waals surface area contributed by atoms with E-state index < -0.39 is 0 Å². The maximum absolute atomic E-state index is 13.0. The van der Waals surface area contributed by atoms with Crippen molar-refractivity contribution in [2.45, 2.75) is 39.2 Å². The van der Waals surface area contributed by atoms with Crippen LogP contribution in [-0.4, -0.2) is 56.9 Å². The fraction of sp³-hybridized carbons (Fsp3) is 0.476. The third-order valence-corrected chi connectivity index (χ3v) is 5.63. The normalized spacial score (nSPS) is 16.2. The molecule has 1 amide bonds. The molecular weight excluding hydrogens is 368 g/mol. The molecule has 4 heterocycles. The Kier molecular flexibility index (Phi) is 5.42. The molecule has 1 aliphatic rings. The first kappa shape index (κ1) is 19.3. The number of carbonyl (C=O) groups is 1. The molecule has 0 aliphatic carbocycles. The Morgan fingerprint density at radius 2 is 2.07 bits per heavy atom. The predicted octanol–water partition coefficient (Wildman–Crippen LogP) is 2.63. The molecule has 1 atom stereocenters. The molecule has 1 unspecified atom stereocenters. The predicted molar refractivity (Wildman–Crippen MR) is 109 cm³/mol. The number of aryl methyl sites for hydroxylation is 1. The van der Waals surface area contributed by atoms with Crippen LogP contribution in [0.25, 0.3) is 11.2 Å². The summed E-state index contributed by atoms with van der Waals surface area (Å²) in [6.45, 7) is 5.48. The lowest BCUT2D eigenvalue weighted by Crippen LogP contribution is -2.44. The van der Waals surface area contributed by atoms with Crippen LogP contribution in [-0.2, 0) is 11.2 Å². The lowest BCUT2D eigenvalue weighted by molar-refractivity contribution is -0.136. The Morgan fingerprint density at radius 3 is 2.79 bits per heavy atom.